The third-order valence-electron chi connectivity index (χ3n) is 3.38. The Morgan fingerprint density at radius 3 is 2.30 bits per heavy atom. The molecule has 4 nitrogen and oxygen atoms in total. The fourth-order valence-corrected chi connectivity index (χ4v) is 2.52. The molecule has 0 saturated carbocycles. The number of carbonyl (C=O) groups excluding carboxylic acids is 2. The Morgan fingerprint density at radius 2 is 1.65 bits per heavy atom. The first kappa shape index (κ1) is 17.3. The normalized spacial score (nSPS) is 10.3. The Bertz CT molecular complexity index is 739. The van der Waals surface area contributed by atoms with Gasteiger partial charge < -0.3 is 10.1 Å². The molecule has 0 fully saturated rings. The summed E-state index contributed by atoms with van der Waals surface area (Å²) in [6, 6.07) is 10.2. The molecule has 0 aromatic heterocycles. The lowest BCUT2D eigenvalue weighted by Gasteiger charge is -2.11. The molecule has 0 heterocycles. The number of carbonyl (C=O) groups is 2. The zero-order chi connectivity index (χ0) is 17.0. The van der Waals surface area contributed by atoms with E-state index >= 15 is 0 Å². The van der Waals surface area contributed by atoms with Crippen molar-refractivity contribution in [2.24, 2.45) is 0 Å². The Labute approximate surface area is 144 Å². The van der Waals surface area contributed by atoms with Gasteiger partial charge >= 0.3 is 5.97 Å². The lowest BCUT2D eigenvalue weighted by atomic mass is 10.1. The van der Waals surface area contributed by atoms with Gasteiger partial charge in [-0.1, -0.05) is 41.4 Å². The second-order valence-electron chi connectivity index (χ2n) is 4.97. The van der Waals surface area contributed by atoms with Crippen LogP contribution in [0.2, 0.25) is 10.0 Å². The predicted octanol–water partition coefficient (Wildman–Crippen LogP) is 4.41. The van der Waals surface area contributed by atoms with Crippen molar-refractivity contribution in [1.82, 2.24) is 0 Å². The zero-order valence-corrected chi connectivity index (χ0v) is 14.2. The van der Waals surface area contributed by atoms with E-state index in [-0.39, 0.29) is 15.6 Å². The van der Waals surface area contributed by atoms with Crippen molar-refractivity contribution in [3.05, 3.63) is 63.1 Å². The van der Waals surface area contributed by atoms with Crippen LogP contribution in [0.4, 0.5) is 5.69 Å². The van der Waals surface area contributed by atoms with Crippen LogP contribution in [0.1, 0.15) is 21.5 Å². The van der Waals surface area contributed by atoms with Crippen LogP contribution in [0.3, 0.4) is 0 Å². The number of halogens is 2. The number of hydrogen-bond acceptors (Lipinski definition) is 3. The maximum atomic E-state index is 12.0. The predicted molar refractivity (Wildman–Crippen MR) is 91.3 cm³/mol. The molecule has 23 heavy (non-hydrogen) atoms. The lowest BCUT2D eigenvalue weighted by molar-refractivity contribution is -0.119. The van der Waals surface area contributed by atoms with Crippen LogP contribution < -0.4 is 5.32 Å². The minimum Gasteiger partial charge on any atom is -0.452 e. The molecule has 120 valence electrons. The van der Waals surface area contributed by atoms with E-state index in [1.165, 1.54) is 12.1 Å². The SMILES string of the molecule is Cc1cccc(NC(=O)COC(=O)c2c(Cl)cccc2Cl)c1C. The molecule has 1 amide bonds. The van der Waals surface area contributed by atoms with E-state index in [9.17, 15) is 9.59 Å². The van der Waals surface area contributed by atoms with Crippen molar-refractivity contribution in [3.8, 4) is 0 Å². The first-order valence-corrected chi connectivity index (χ1v) is 7.63. The van der Waals surface area contributed by atoms with E-state index in [1.807, 2.05) is 26.0 Å². The van der Waals surface area contributed by atoms with Gasteiger partial charge in [0.25, 0.3) is 5.91 Å². The highest BCUT2D eigenvalue weighted by Gasteiger charge is 2.17. The molecule has 0 spiro atoms. The summed E-state index contributed by atoms with van der Waals surface area (Å²) in [7, 11) is 0. The van der Waals surface area contributed by atoms with Crippen LogP contribution in [0.15, 0.2) is 36.4 Å². The number of benzene rings is 2. The summed E-state index contributed by atoms with van der Waals surface area (Å²) in [6.45, 7) is 3.43. The molecule has 0 radical (unpaired) electrons. The first-order chi connectivity index (χ1) is 10.9. The molecule has 0 aliphatic rings. The lowest BCUT2D eigenvalue weighted by Crippen LogP contribution is -2.21. The van der Waals surface area contributed by atoms with Gasteiger partial charge in [0.05, 0.1) is 15.6 Å². The number of ether oxygens (including phenoxy) is 1. The second kappa shape index (κ2) is 7.49. The van der Waals surface area contributed by atoms with Gasteiger partial charge in [0.2, 0.25) is 0 Å². The first-order valence-electron chi connectivity index (χ1n) is 6.87. The molecule has 2 aromatic carbocycles. The van der Waals surface area contributed by atoms with Crippen LogP contribution in [0, 0.1) is 13.8 Å². The third kappa shape index (κ3) is 4.24. The average Bonchev–Trinajstić information content (AvgIpc) is 2.49. The smallest absolute Gasteiger partial charge is 0.341 e. The number of anilines is 1. The van der Waals surface area contributed by atoms with Crippen LogP contribution in [0.25, 0.3) is 0 Å². The number of nitrogens with one attached hydrogen (secondary N) is 1. The number of aryl methyl sites for hydroxylation is 1. The summed E-state index contributed by atoms with van der Waals surface area (Å²) in [5.41, 5.74) is 2.75. The fourth-order valence-electron chi connectivity index (χ4n) is 1.97. The van der Waals surface area contributed by atoms with Gasteiger partial charge in [0, 0.05) is 5.69 Å². The molecule has 2 aromatic rings. The molecule has 0 saturated heterocycles. The highest BCUT2D eigenvalue weighted by atomic mass is 35.5. The van der Waals surface area contributed by atoms with Gasteiger partial charge in [-0.25, -0.2) is 4.79 Å². The zero-order valence-electron chi connectivity index (χ0n) is 12.7. The largest absolute Gasteiger partial charge is 0.452 e. The van der Waals surface area contributed by atoms with E-state index in [0.717, 1.165) is 11.1 Å². The van der Waals surface area contributed by atoms with Crippen molar-refractivity contribution >= 4 is 40.8 Å². The quantitative estimate of drug-likeness (QED) is 0.830. The standard InChI is InChI=1S/C17H15Cl2NO3/c1-10-5-3-8-14(11(10)2)20-15(21)9-23-17(22)16-12(18)6-4-7-13(16)19/h3-8H,9H2,1-2H3,(H,20,21). The average molecular weight is 352 g/mol. The molecule has 0 aliphatic carbocycles. The van der Waals surface area contributed by atoms with E-state index in [0.29, 0.717) is 5.69 Å². The van der Waals surface area contributed by atoms with E-state index in [4.69, 9.17) is 27.9 Å². The topological polar surface area (TPSA) is 55.4 Å². The second-order valence-corrected chi connectivity index (χ2v) is 5.78. The van der Waals surface area contributed by atoms with Gasteiger partial charge in [0.15, 0.2) is 6.61 Å². The molecule has 1 N–H and O–H groups in total. The Hall–Kier alpha value is -2.04. The van der Waals surface area contributed by atoms with Crippen LogP contribution in [0.5, 0.6) is 0 Å². The Balaban J connectivity index is 1.99. The maximum Gasteiger partial charge on any atom is 0.341 e. The molecule has 0 atom stereocenters. The summed E-state index contributed by atoms with van der Waals surface area (Å²) >= 11 is 11.8. The van der Waals surface area contributed by atoms with Crippen molar-refractivity contribution in [2.75, 3.05) is 11.9 Å². The highest BCUT2D eigenvalue weighted by Crippen LogP contribution is 2.25. The molecular weight excluding hydrogens is 337 g/mol. The number of esters is 1. The molecular formula is C17H15Cl2NO3. The van der Waals surface area contributed by atoms with Crippen molar-refractivity contribution < 1.29 is 14.3 Å². The van der Waals surface area contributed by atoms with Gasteiger partial charge in [-0.2, -0.15) is 0 Å². The molecule has 0 aliphatic heterocycles. The minimum atomic E-state index is -0.739. The summed E-state index contributed by atoms with van der Waals surface area (Å²) in [4.78, 5) is 23.9. The maximum absolute atomic E-state index is 12.0. The van der Waals surface area contributed by atoms with Crippen molar-refractivity contribution in [2.45, 2.75) is 13.8 Å². The van der Waals surface area contributed by atoms with E-state index in [2.05, 4.69) is 5.32 Å². The minimum absolute atomic E-state index is 0.0513. The van der Waals surface area contributed by atoms with E-state index < -0.39 is 18.5 Å². The van der Waals surface area contributed by atoms with Gasteiger partial charge in [-0.3, -0.25) is 4.79 Å². The Morgan fingerprint density at radius 1 is 1.04 bits per heavy atom. The van der Waals surface area contributed by atoms with Gasteiger partial charge in [-0.05, 0) is 43.2 Å². The Kier molecular flexibility index (Phi) is 5.64. The van der Waals surface area contributed by atoms with Crippen molar-refractivity contribution in [3.63, 3.8) is 0 Å². The van der Waals surface area contributed by atoms with Crippen LogP contribution in [-0.4, -0.2) is 18.5 Å². The van der Waals surface area contributed by atoms with Gasteiger partial charge in [-0.15, -0.1) is 0 Å². The van der Waals surface area contributed by atoms with Crippen molar-refractivity contribution in [1.29, 1.82) is 0 Å². The van der Waals surface area contributed by atoms with Crippen LogP contribution >= 0.6 is 23.2 Å². The van der Waals surface area contributed by atoms with Crippen LogP contribution in [-0.2, 0) is 9.53 Å². The summed E-state index contributed by atoms with van der Waals surface area (Å²) in [5, 5.41) is 3.06. The highest BCUT2D eigenvalue weighted by molar-refractivity contribution is 6.39. The summed E-state index contributed by atoms with van der Waals surface area (Å²) in [5.74, 6) is -1.17. The molecule has 0 bridgehead atoms. The monoisotopic (exact) mass is 351 g/mol. The number of rotatable bonds is 4. The summed E-state index contributed by atoms with van der Waals surface area (Å²) in [6.07, 6.45) is 0. The molecule has 2 rings (SSSR count). The number of hydrogen-bond donors (Lipinski definition) is 1. The summed E-state index contributed by atoms with van der Waals surface area (Å²) < 4.78 is 4.97. The van der Waals surface area contributed by atoms with Gasteiger partial charge in [0.1, 0.15) is 0 Å². The molecule has 0 unspecified atom stereocenters. The number of amides is 1. The fraction of sp³-hybridized carbons (Fsp3) is 0.176. The van der Waals surface area contributed by atoms with E-state index in [1.54, 1.807) is 12.1 Å². The molecule has 6 heteroatoms. The third-order valence-corrected chi connectivity index (χ3v) is 4.01.